The summed E-state index contributed by atoms with van der Waals surface area (Å²) in [7, 11) is 1.14. The summed E-state index contributed by atoms with van der Waals surface area (Å²) in [5, 5.41) is 2.22. The maximum absolute atomic E-state index is 13.5. The third kappa shape index (κ3) is 3.96. The van der Waals surface area contributed by atoms with Crippen molar-refractivity contribution in [3.05, 3.63) is 35.1 Å². The Labute approximate surface area is 120 Å². The Kier molecular flexibility index (Phi) is 5.75. The Morgan fingerprint density at radius 1 is 1.24 bits per heavy atom. The number of nitrogens with one attached hydrogen (secondary N) is 1. The van der Waals surface area contributed by atoms with Crippen LogP contribution in [-0.4, -0.2) is 25.0 Å². The third-order valence-electron chi connectivity index (χ3n) is 3.19. The topological polar surface area (TPSA) is 55.4 Å². The minimum atomic E-state index is -1.34. The van der Waals surface area contributed by atoms with Crippen LogP contribution >= 0.6 is 0 Å². The van der Waals surface area contributed by atoms with Crippen molar-refractivity contribution >= 4 is 11.9 Å². The lowest BCUT2D eigenvalue weighted by Gasteiger charge is -2.22. The first kappa shape index (κ1) is 17.0. The van der Waals surface area contributed by atoms with Crippen LogP contribution in [-0.2, 0) is 9.53 Å². The second-order valence-corrected chi connectivity index (χ2v) is 4.60. The number of hydrogen-bond acceptors (Lipinski definition) is 3. The van der Waals surface area contributed by atoms with Crippen LogP contribution in [0.4, 0.5) is 13.2 Å². The van der Waals surface area contributed by atoms with Crippen LogP contribution in [0.25, 0.3) is 0 Å². The summed E-state index contributed by atoms with van der Waals surface area (Å²) >= 11 is 0. The normalized spacial score (nSPS) is 13.4. The highest BCUT2D eigenvalue weighted by Gasteiger charge is 2.29. The van der Waals surface area contributed by atoms with E-state index in [1.807, 2.05) is 0 Å². The molecule has 1 aromatic carbocycles. The number of ether oxygens (including phenoxy) is 1. The predicted molar refractivity (Wildman–Crippen MR) is 69.0 cm³/mol. The van der Waals surface area contributed by atoms with Crippen molar-refractivity contribution in [3.63, 3.8) is 0 Å². The van der Waals surface area contributed by atoms with Gasteiger partial charge in [0, 0.05) is 12.1 Å². The fraction of sp³-hybridized carbons (Fsp3) is 0.429. The molecule has 4 nitrogen and oxygen atoms in total. The van der Waals surface area contributed by atoms with Crippen LogP contribution in [0.15, 0.2) is 12.1 Å². The maximum atomic E-state index is 13.5. The molecule has 116 valence electrons. The molecule has 0 bridgehead atoms. The second kappa shape index (κ2) is 7.10. The molecule has 1 N–H and O–H groups in total. The minimum Gasteiger partial charge on any atom is -0.467 e. The molecule has 1 rings (SSSR count). The van der Waals surface area contributed by atoms with Gasteiger partial charge in [0.05, 0.1) is 7.11 Å². The number of amides is 1. The molecule has 1 amide bonds. The number of carbonyl (C=O) groups is 2. The SMILES string of the molecule is CC[C@@H](C)[C@@H](NC(=O)c1c(F)cc(F)cc1F)C(=O)OC. The largest absolute Gasteiger partial charge is 0.467 e. The maximum Gasteiger partial charge on any atom is 0.328 e. The van der Waals surface area contributed by atoms with E-state index in [9.17, 15) is 22.8 Å². The molecule has 21 heavy (non-hydrogen) atoms. The highest BCUT2D eigenvalue weighted by molar-refractivity contribution is 5.97. The molecule has 0 radical (unpaired) electrons. The van der Waals surface area contributed by atoms with Crippen LogP contribution < -0.4 is 5.32 Å². The van der Waals surface area contributed by atoms with Gasteiger partial charge < -0.3 is 10.1 Å². The van der Waals surface area contributed by atoms with Gasteiger partial charge in [-0.1, -0.05) is 20.3 Å². The Hall–Kier alpha value is -2.05. The molecule has 0 spiro atoms. The molecule has 7 heteroatoms. The molecule has 0 aliphatic heterocycles. The van der Waals surface area contributed by atoms with Crippen molar-refractivity contribution in [1.29, 1.82) is 0 Å². The third-order valence-corrected chi connectivity index (χ3v) is 3.19. The van der Waals surface area contributed by atoms with E-state index in [1.54, 1.807) is 13.8 Å². The second-order valence-electron chi connectivity index (χ2n) is 4.60. The van der Waals surface area contributed by atoms with Gasteiger partial charge in [-0.3, -0.25) is 4.79 Å². The molecular formula is C14H16F3NO3. The summed E-state index contributed by atoms with van der Waals surface area (Å²) in [6.07, 6.45) is 0.536. The van der Waals surface area contributed by atoms with E-state index in [0.717, 1.165) is 7.11 Å². The van der Waals surface area contributed by atoms with Crippen LogP contribution in [0.1, 0.15) is 30.6 Å². The summed E-state index contributed by atoms with van der Waals surface area (Å²) in [6, 6.07) is -0.251. The van der Waals surface area contributed by atoms with Crippen molar-refractivity contribution in [2.45, 2.75) is 26.3 Å². The number of hydrogen-bond donors (Lipinski definition) is 1. The molecule has 0 aliphatic carbocycles. The van der Waals surface area contributed by atoms with Crippen molar-refractivity contribution in [1.82, 2.24) is 5.32 Å². The van der Waals surface area contributed by atoms with Crippen molar-refractivity contribution in [2.75, 3.05) is 7.11 Å². The Bertz CT molecular complexity index is 525. The van der Waals surface area contributed by atoms with Crippen LogP contribution in [0.5, 0.6) is 0 Å². The molecule has 0 saturated carbocycles. The summed E-state index contributed by atoms with van der Waals surface area (Å²) in [5.41, 5.74) is -0.936. The number of benzene rings is 1. The van der Waals surface area contributed by atoms with Crippen molar-refractivity contribution < 1.29 is 27.5 Å². The fourth-order valence-corrected chi connectivity index (χ4v) is 1.77. The van der Waals surface area contributed by atoms with Crippen molar-refractivity contribution in [2.24, 2.45) is 5.92 Å². The summed E-state index contributed by atoms with van der Waals surface area (Å²) in [5.74, 6) is -5.96. The zero-order valence-corrected chi connectivity index (χ0v) is 11.9. The van der Waals surface area contributed by atoms with Gasteiger partial charge in [-0.2, -0.15) is 0 Å². The highest BCUT2D eigenvalue weighted by Crippen LogP contribution is 2.16. The number of methoxy groups -OCH3 is 1. The van der Waals surface area contributed by atoms with E-state index >= 15 is 0 Å². The average Bonchev–Trinajstić information content (AvgIpc) is 2.41. The summed E-state index contributed by atoms with van der Waals surface area (Å²) in [6.45, 7) is 3.46. The van der Waals surface area contributed by atoms with Gasteiger partial charge in [-0.15, -0.1) is 0 Å². The van der Waals surface area contributed by atoms with Gasteiger partial charge in [0.25, 0.3) is 5.91 Å². The van der Waals surface area contributed by atoms with Gasteiger partial charge in [-0.25, -0.2) is 18.0 Å². The number of esters is 1. The lowest BCUT2D eigenvalue weighted by atomic mass is 9.98. The van der Waals surface area contributed by atoms with Gasteiger partial charge in [-0.05, 0) is 5.92 Å². The van der Waals surface area contributed by atoms with Crippen LogP contribution in [0.2, 0.25) is 0 Å². The Morgan fingerprint density at radius 3 is 2.19 bits per heavy atom. The molecule has 0 fully saturated rings. The van der Waals surface area contributed by atoms with E-state index in [1.165, 1.54) is 0 Å². The quantitative estimate of drug-likeness (QED) is 0.850. The molecule has 0 unspecified atom stereocenters. The molecule has 0 aromatic heterocycles. The highest BCUT2D eigenvalue weighted by atomic mass is 19.1. The summed E-state index contributed by atoms with van der Waals surface area (Å²) < 4.78 is 44.4. The number of halogens is 3. The molecule has 0 saturated heterocycles. The van der Waals surface area contributed by atoms with Gasteiger partial charge in [0.1, 0.15) is 29.1 Å². The monoisotopic (exact) mass is 303 g/mol. The molecule has 1 aromatic rings. The zero-order chi connectivity index (χ0) is 16.2. The zero-order valence-electron chi connectivity index (χ0n) is 11.9. The van der Waals surface area contributed by atoms with Gasteiger partial charge >= 0.3 is 5.97 Å². The number of rotatable bonds is 5. The smallest absolute Gasteiger partial charge is 0.328 e. The van der Waals surface area contributed by atoms with E-state index in [-0.39, 0.29) is 5.92 Å². The number of carbonyl (C=O) groups excluding carboxylic acids is 2. The van der Waals surface area contributed by atoms with E-state index in [0.29, 0.717) is 18.6 Å². The minimum absolute atomic E-state index is 0.298. The fourth-order valence-electron chi connectivity index (χ4n) is 1.77. The first-order valence-electron chi connectivity index (χ1n) is 6.35. The standard InChI is InChI=1S/C14H16F3NO3/c1-4-7(2)12(14(20)21-3)18-13(19)11-9(16)5-8(15)6-10(11)17/h5-7,12H,4H2,1-3H3,(H,18,19)/t7-,12-/m1/s1. The van der Waals surface area contributed by atoms with E-state index in [4.69, 9.17) is 0 Å². The van der Waals surface area contributed by atoms with Gasteiger partial charge in [0.2, 0.25) is 0 Å². The molecule has 2 atom stereocenters. The molecule has 0 aliphatic rings. The van der Waals surface area contributed by atoms with Gasteiger partial charge in [0.15, 0.2) is 0 Å². The van der Waals surface area contributed by atoms with Crippen molar-refractivity contribution in [3.8, 4) is 0 Å². The molecule has 0 heterocycles. The van der Waals surface area contributed by atoms with Crippen LogP contribution in [0.3, 0.4) is 0 Å². The summed E-state index contributed by atoms with van der Waals surface area (Å²) in [4.78, 5) is 23.5. The Balaban J connectivity index is 3.05. The average molecular weight is 303 g/mol. The van der Waals surface area contributed by atoms with E-state index in [2.05, 4.69) is 10.1 Å². The molecular weight excluding hydrogens is 287 g/mol. The van der Waals surface area contributed by atoms with Crippen LogP contribution in [0, 0.1) is 23.4 Å². The van der Waals surface area contributed by atoms with E-state index < -0.39 is 40.9 Å². The predicted octanol–water partition coefficient (Wildman–Crippen LogP) is 2.42. The lowest BCUT2D eigenvalue weighted by Crippen LogP contribution is -2.46. The Morgan fingerprint density at radius 2 is 1.76 bits per heavy atom. The first-order chi connectivity index (χ1) is 9.81. The lowest BCUT2D eigenvalue weighted by molar-refractivity contribution is -0.144. The first-order valence-corrected chi connectivity index (χ1v) is 6.35.